The van der Waals surface area contributed by atoms with E-state index in [1.807, 2.05) is 0 Å². The van der Waals surface area contributed by atoms with Gasteiger partial charge in [-0.1, -0.05) is 0 Å². The van der Waals surface area contributed by atoms with Gasteiger partial charge in [-0.3, -0.25) is 10.1 Å². The number of non-ortho nitro benzene ring substituents is 1. The van der Waals surface area contributed by atoms with Gasteiger partial charge in [0.05, 0.1) is 24.7 Å². The monoisotopic (exact) mass is 240 g/mol. The summed E-state index contributed by atoms with van der Waals surface area (Å²) >= 11 is 0. The van der Waals surface area contributed by atoms with Crippen LogP contribution in [-0.2, 0) is 16.1 Å². The minimum Gasteiger partial charge on any atom is -0.388 e. The third kappa shape index (κ3) is 4.01. The smallest absolute Gasteiger partial charge is 0.269 e. The molecule has 94 valence electrons. The van der Waals surface area contributed by atoms with Crippen LogP contribution in [0, 0.1) is 10.1 Å². The fourth-order valence-corrected chi connectivity index (χ4v) is 1.38. The van der Waals surface area contributed by atoms with E-state index in [0.29, 0.717) is 19.8 Å². The second kappa shape index (κ2) is 6.82. The second-order valence-corrected chi connectivity index (χ2v) is 3.39. The number of methoxy groups -OCH3 is 1. The number of anilines is 1. The maximum absolute atomic E-state index is 10.7. The molecule has 0 aliphatic heterocycles. The highest BCUT2D eigenvalue weighted by molar-refractivity contribution is 5.55. The number of nitrogens with zero attached hydrogens (tertiary/aromatic N) is 1. The van der Waals surface area contributed by atoms with E-state index < -0.39 is 4.92 Å². The van der Waals surface area contributed by atoms with Crippen LogP contribution in [0.2, 0.25) is 0 Å². The summed E-state index contributed by atoms with van der Waals surface area (Å²) in [6.07, 6.45) is 0. The van der Waals surface area contributed by atoms with Crippen molar-refractivity contribution in [2.24, 2.45) is 0 Å². The van der Waals surface area contributed by atoms with E-state index in [1.54, 1.807) is 20.2 Å². The predicted molar refractivity (Wildman–Crippen MR) is 64.2 cm³/mol. The van der Waals surface area contributed by atoms with Crippen LogP contribution in [0.3, 0.4) is 0 Å². The van der Waals surface area contributed by atoms with Gasteiger partial charge in [0.1, 0.15) is 0 Å². The maximum Gasteiger partial charge on any atom is 0.269 e. The summed E-state index contributed by atoms with van der Waals surface area (Å²) in [6, 6.07) is 4.65. The molecule has 0 radical (unpaired) electrons. The Kier molecular flexibility index (Phi) is 5.38. The lowest BCUT2D eigenvalue weighted by Crippen LogP contribution is -2.04. The minimum atomic E-state index is -0.419. The predicted octanol–water partition coefficient (Wildman–Crippen LogP) is 1.80. The summed E-state index contributed by atoms with van der Waals surface area (Å²) in [7, 11) is 3.36. The van der Waals surface area contributed by atoms with Crippen molar-refractivity contribution in [1.82, 2.24) is 0 Å². The zero-order chi connectivity index (χ0) is 12.7. The number of hydrogen-bond donors (Lipinski definition) is 1. The summed E-state index contributed by atoms with van der Waals surface area (Å²) < 4.78 is 10.2. The molecule has 0 fully saturated rings. The Balaban J connectivity index is 2.72. The van der Waals surface area contributed by atoms with Crippen LogP contribution >= 0.6 is 0 Å². The summed E-state index contributed by atoms with van der Waals surface area (Å²) in [6.45, 7) is 1.29. The summed E-state index contributed by atoms with van der Waals surface area (Å²) in [4.78, 5) is 10.2. The molecule has 6 heteroatoms. The first kappa shape index (κ1) is 13.4. The average molecular weight is 240 g/mol. The molecule has 0 heterocycles. The van der Waals surface area contributed by atoms with Crippen molar-refractivity contribution in [3.05, 3.63) is 33.9 Å². The van der Waals surface area contributed by atoms with Crippen molar-refractivity contribution in [3.63, 3.8) is 0 Å². The Morgan fingerprint density at radius 1 is 1.41 bits per heavy atom. The third-order valence-electron chi connectivity index (χ3n) is 2.26. The molecular formula is C11H16N2O4. The van der Waals surface area contributed by atoms with Crippen LogP contribution in [0.1, 0.15) is 5.56 Å². The molecule has 0 spiro atoms. The molecule has 0 bridgehead atoms. The maximum atomic E-state index is 10.7. The second-order valence-electron chi connectivity index (χ2n) is 3.39. The van der Waals surface area contributed by atoms with E-state index in [-0.39, 0.29) is 5.69 Å². The van der Waals surface area contributed by atoms with E-state index in [2.05, 4.69) is 5.32 Å². The van der Waals surface area contributed by atoms with Gasteiger partial charge in [0, 0.05) is 37.5 Å². The van der Waals surface area contributed by atoms with Crippen LogP contribution in [-0.4, -0.2) is 32.3 Å². The highest BCUT2D eigenvalue weighted by atomic mass is 16.6. The van der Waals surface area contributed by atoms with E-state index in [0.717, 1.165) is 11.3 Å². The number of nitro groups is 1. The van der Waals surface area contributed by atoms with E-state index >= 15 is 0 Å². The van der Waals surface area contributed by atoms with Gasteiger partial charge >= 0.3 is 0 Å². The van der Waals surface area contributed by atoms with Crippen molar-refractivity contribution in [1.29, 1.82) is 0 Å². The zero-order valence-corrected chi connectivity index (χ0v) is 9.93. The summed E-state index contributed by atoms with van der Waals surface area (Å²) in [5, 5.41) is 13.6. The molecule has 0 aromatic heterocycles. The lowest BCUT2D eigenvalue weighted by atomic mass is 10.1. The Bertz CT molecular complexity index is 382. The Morgan fingerprint density at radius 3 is 2.76 bits per heavy atom. The fourth-order valence-electron chi connectivity index (χ4n) is 1.38. The molecule has 0 atom stereocenters. The fraction of sp³-hybridized carbons (Fsp3) is 0.455. The Labute approximate surface area is 99.7 Å². The van der Waals surface area contributed by atoms with E-state index in [4.69, 9.17) is 9.47 Å². The molecule has 1 aromatic carbocycles. The van der Waals surface area contributed by atoms with Gasteiger partial charge in [-0.25, -0.2) is 0 Å². The van der Waals surface area contributed by atoms with Crippen LogP contribution in [0.5, 0.6) is 0 Å². The summed E-state index contributed by atoms with van der Waals surface area (Å²) in [5.74, 6) is 0. The van der Waals surface area contributed by atoms with Crippen LogP contribution in [0.15, 0.2) is 18.2 Å². The highest BCUT2D eigenvalue weighted by Crippen LogP contribution is 2.22. The molecule has 1 N–H and O–H groups in total. The van der Waals surface area contributed by atoms with Gasteiger partial charge in [0.25, 0.3) is 5.69 Å². The average Bonchev–Trinajstić information content (AvgIpc) is 2.34. The number of ether oxygens (including phenoxy) is 2. The van der Waals surface area contributed by atoms with Crippen molar-refractivity contribution >= 4 is 11.4 Å². The number of hydrogen-bond acceptors (Lipinski definition) is 5. The van der Waals surface area contributed by atoms with E-state index in [1.165, 1.54) is 12.1 Å². The Morgan fingerprint density at radius 2 is 2.18 bits per heavy atom. The quantitative estimate of drug-likeness (QED) is 0.447. The molecule has 0 unspecified atom stereocenters. The highest BCUT2D eigenvalue weighted by Gasteiger charge is 2.09. The number of nitro benzene ring substituents is 1. The molecule has 0 aliphatic carbocycles. The lowest BCUT2D eigenvalue weighted by Gasteiger charge is -2.09. The molecular weight excluding hydrogens is 224 g/mol. The first-order valence-corrected chi connectivity index (χ1v) is 5.20. The van der Waals surface area contributed by atoms with Gasteiger partial charge in [-0.15, -0.1) is 0 Å². The molecule has 0 amide bonds. The van der Waals surface area contributed by atoms with Crippen LogP contribution < -0.4 is 5.32 Å². The Hall–Kier alpha value is -1.66. The molecule has 1 rings (SSSR count). The van der Waals surface area contributed by atoms with Crippen LogP contribution in [0.25, 0.3) is 0 Å². The topological polar surface area (TPSA) is 73.6 Å². The molecule has 0 aliphatic rings. The molecule has 17 heavy (non-hydrogen) atoms. The normalized spacial score (nSPS) is 10.2. The molecule has 6 nitrogen and oxygen atoms in total. The van der Waals surface area contributed by atoms with Gasteiger partial charge in [0.2, 0.25) is 0 Å². The zero-order valence-electron chi connectivity index (χ0n) is 9.93. The van der Waals surface area contributed by atoms with Gasteiger partial charge in [0.15, 0.2) is 0 Å². The minimum absolute atomic E-state index is 0.0642. The van der Waals surface area contributed by atoms with Crippen molar-refractivity contribution < 1.29 is 14.4 Å². The van der Waals surface area contributed by atoms with Crippen LogP contribution in [0.4, 0.5) is 11.4 Å². The van der Waals surface area contributed by atoms with Gasteiger partial charge < -0.3 is 14.8 Å². The SMILES string of the molecule is CNc1ccc([N+](=O)[O-])cc1COCCOC. The van der Waals surface area contributed by atoms with E-state index in [9.17, 15) is 10.1 Å². The first-order valence-electron chi connectivity index (χ1n) is 5.20. The number of nitrogens with one attached hydrogen (secondary N) is 1. The molecule has 0 saturated carbocycles. The molecule has 0 saturated heterocycles. The third-order valence-corrected chi connectivity index (χ3v) is 2.26. The number of rotatable bonds is 7. The summed E-state index contributed by atoms with van der Waals surface area (Å²) in [5.41, 5.74) is 1.65. The molecule has 1 aromatic rings. The van der Waals surface area contributed by atoms with Crippen molar-refractivity contribution in [2.75, 3.05) is 32.7 Å². The van der Waals surface area contributed by atoms with Gasteiger partial charge in [-0.2, -0.15) is 0 Å². The van der Waals surface area contributed by atoms with Crippen molar-refractivity contribution in [3.8, 4) is 0 Å². The largest absolute Gasteiger partial charge is 0.388 e. The lowest BCUT2D eigenvalue weighted by molar-refractivity contribution is -0.384. The standard InChI is InChI=1S/C11H16N2O4/c1-12-11-4-3-10(13(14)15)7-9(11)8-17-6-5-16-2/h3-4,7,12H,5-6,8H2,1-2H3. The number of benzene rings is 1. The van der Waals surface area contributed by atoms with Crippen molar-refractivity contribution in [2.45, 2.75) is 6.61 Å². The van der Waals surface area contributed by atoms with Gasteiger partial charge in [-0.05, 0) is 6.07 Å². The first-order chi connectivity index (χ1) is 8.19.